The number of anilines is 1. The van der Waals surface area contributed by atoms with Gasteiger partial charge in [-0.25, -0.2) is 0 Å². The summed E-state index contributed by atoms with van der Waals surface area (Å²) in [4.78, 5) is 0. The van der Waals surface area contributed by atoms with E-state index in [4.69, 9.17) is 0 Å². The van der Waals surface area contributed by atoms with Crippen LogP contribution in [0.15, 0.2) is 12.3 Å². The van der Waals surface area contributed by atoms with Gasteiger partial charge in [0.2, 0.25) is 0 Å². The number of aryl methyl sites for hydroxylation is 1. The van der Waals surface area contributed by atoms with Gasteiger partial charge in [-0.15, -0.1) is 0 Å². The Balaban J connectivity index is 1.98. The molecule has 15 heavy (non-hydrogen) atoms. The second-order valence-corrected chi connectivity index (χ2v) is 5.44. The first-order valence-electron chi connectivity index (χ1n) is 5.81. The lowest BCUT2D eigenvalue weighted by Crippen LogP contribution is -2.32. The lowest BCUT2D eigenvalue weighted by atomic mass is 9.75. The van der Waals surface area contributed by atoms with Crippen LogP contribution in [0, 0.1) is 5.41 Å². The van der Waals surface area contributed by atoms with E-state index in [1.54, 1.807) is 0 Å². The SMILES string of the molecule is Cn1nccc1NC1CCCC(C)(C)C1. The Hall–Kier alpha value is -0.990. The monoisotopic (exact) mass is 207 g/mol. The van der Waals surface area contributed by atoms with Gasteiger partial charge in [-0.05, 0) is 24.7 Å². The molecule has 0 saturated heterocycles. The number of rotatable bonds is 2. The van der Waals surface area contributed by atoms with Crippen molar-refractivity contribution in [3.63, 3.8) is 0 Å². The molecular weight excluding hydrogens is 186 g/mol. The molecule has 0 aromatic carbocycles. The van der Waals surface area contributed by atoms with Crippen LogP contribution in [-0.4, -0.2) is 15.8 Å². The maximum atomic E-state index is 4.17. The molecule has 1 aliphatic carbocycles. The lowest BCUT2D eigenvalue weighted by molar-refractivity contribution is 0.229. The van der Waals surface area contributed by atoms with Crippen molar-refractivity contribution < 1.29 is 0 Å². The number of nitrogens with zero attached hydrogens (tertiary/aromatic N) is 2. The molecule has 3 heteroatoms. The van der Waals surface area contributed by atoms with Gasteiger partial charge in [0, 0.05) is 19.2 Å². The standard InChI is InChI=1S/C12H21N3/c1-12(2)7-4-5-10(9-12)14-11-6-8-13-15(11)3/h6,8,10,14H,4-5,7,9H2,1-3H3. The first-order chi connectivity index (χ1) is 7.07. The minimum Gasteiger partial charge on any atom is -0.368 e. The predicted molar refractivity (Wildman–Crippen MR) is 62.9 cm³/mol. The zero-order chi connectivity index (χ0) is 10.9. The maximum Gasteiger partial charge on any atom is 0.124 e. The molecule has 1 atom stereocenters. The van der Waals surface area contributed by atoms with Crippen LogP contribution in [0.3, 0.4) is 0 Å². The first kappa shape index (κ1) is 10.5. The highest BCUT2D eigenvalue weighted by Crippen LogP contribution is 2.36. The Kier molecular flexibility index (Phi) is 2.72. The first-order valence-corrected chi connectivity index (χ1v) is 5.81. The highest BCUT2D eigenvalue weighted by molar-refractivity contribution is 5.35. The maximum absolute atomic E-state index is 4.17. The normalized spacial score (nSPS) is 25.1. The molecule has 2 rings (SSSR count). The van der Waals surface area contributed by atoms with E-state index in [0.29, 0.717) is 11.5 Å². The van der Waals surface area contributed by atoms with Crippen LogP contribution < -0.4 is 5.32 Å². The van der Waals surface area contributed by atoms with Gasteiger partial charge in [-0.1, -0.05) is 20.3 Å². The van der Waals surface area contributed by atoms with Crippen molar-refractivity contribution in [2.75, 3.05) is 5.32 Å². The number of hydrogen-bond acceptors (Lipinski definition) is 2. The number of hydrogen-bond donors (Lipinski definition) is 1. The molecule has 1 aromatic rings. The molecule has 0 bridgehead atoms. The molecule has 1 heterocycles. The zero-order valence-corrected chi connectivity index (χ0v) is 9.95. The summed E-state index contributed by atoms with van der Waals surface area (Å²) in [5.41, 5.74) is 0.495. The van der Waals surface area contributed by atoms with Gasteiger partial charge < -0.3 is 5.32 Å². The van der Waals surface area contributed by atoms with E-state index in [9.17, 15) is 0 Å². The third-order valence-electron chi connectivity index (χ3n) is 3.38. The smallest absolute Gasteiger partial charge is 0.124 e. The molecule has 1 aromatic heterocycles. The summed E-state index contributed by atoms with van der Waals surface area (Å²) in [6, 6.07) is 2.66. The van der Waals surface area contributed by atoms with E-state index in [-0.39, 0.29) is 0 Å². The molecule has 0 aliphatic heterocycles. The third kappa shape index (κ3) is 2.52. The fourth-order valence-corrected chi connectivity index (χ4v) is 2.55. The van der Waals surface area contributed by atoms with Gasteiger partial charge >= 0.3 is 0 Å². The molecule has 0 amide bonds. The van der Waals surface area contributed by atoms with Crippen LogP contribution in [-0.2, 0) is 7.05 Å². The predicted octanol–water partition coefficient (Wildman–Crippen LogP) is 2.80. The summed E-state index contributed by atoms with van der Waals surface area (Å²) in [5.74, 6) is 1.14. The van der Waals surface area contributed by atoms with Crippen LogP contribution in [0.1, 0.15) is 39.5 Å². The van der Waals surface area contributed by atoms with Gasteiger partial charge in [-0.2, -0.15) is 5.10 Å². The fraction of sp³-hybridized carbons (Fsp3) is 0.750. The molecule has 1 unspecified atom stereocenters. The Bertz CT molecular complexity index is 327. The minimum atomic E-state index is 0.495. The van der Waals surface area contributed by atoms with Crippen molar-refractivity contribution in [1.29, 1.82) is 0 Å². The van der Waals surface area contributed by atoms with E-state index < -0.39 is 0 Å². The van der Waals surface area contributed by atoms with Gasteiger partial charge in [0.25, 0.3) is 0 Å². The van der Waals surface area contributed by atoms with Crippen molar-refractivity contribution in [1.82, 2.24) is 9.78 Å². The van der Waals surface area contributed by atoms with Crippen LogP contribution in [0.2, 0.25) is 0 Å². The van der Waals surface area contributed by atoms with E-state index in [1.165, 1.54) is 25.7 Å². The Morgan fingerprint density at radius 3 is 2.93 bits per heavy atom. The average molecular weight is 207 g/mol. The minimum absolute atomic E-state index is 0.495. The average Bonchev–Trinajstić information content (AvgIpc) is 2.50. The molecule has 1 aliphatic rings. The van der Waals surface area contributed by atoms with E-state index >= 15 is 0 Å². The summed E-state index contributed by atoms with van der Waals surface area (Å²) < 4.78 is 1.90. The quantitative estimate of drug-likeness (QED) is 0.808. The second-order valence-electron chi connectivity index (χ2n) is 5.44. The van der Waals surface area contributed by atoms with Crippen LogP contribution in [0.5, 0.6) is 0 Å². The second kappa shape index (κ2) is 3.87. The van der Waals surface area contributed by atoms with Gasteiger partial charge in [0.1, 0.15) is 5.82 Å². The van der Waals surface area contributed by atoms with Crippen molar-refractivity contribution in [2.45, 2.75) is 45.6 Å². The number of nitrogens with one attached hydrogen (secondary N) is 1. The van der Waals surface area contributed by atoms with Crippen LogP contribution in [0.25, 0.3) is 0 Å². The molecule has 1 fully saturated rings. The summed E-state index contributed by atoms with van der Waals surface area (Å²) in [7, 11) is 1.98. The lowest BCUT2D eigenvalue weighted by Gasteiger charge is -2.35. The van der Waals surface area contributed by atoms with Gasteiger partial charge in [0.15, 0.2) is 0 Å². The molecule has 0 spiro atoms. The highest BCUT2D eigenvalue weighted by Gasteiger charge is 2.28. The summed E-state index contributed by atoms with van der Waals surface area (Å²) in [5, 5.41) is 7.76. The van der Waals surface area contributed by atoms with E-state index in [0.717, 1.165) is 5.82 Å². The largest absolute Gasteiger partial charge is 0.368 e. The Labute approximate surface area is 91.9 Å². The molecule has 1 N–H and O–H groups in total. The molecule has 0 radical (unpaired) electrons. The molecule has 1 saturated carbocycles. The van der Waals surface area contributed by atoms with Crippen LogP contribution in [0.4, 0.5) is 5.82 Å². The summed E-state index contributed by atoms with van der Waals surface area (Å²) >= 11 is 0. The van der Waals surface area contributed by atoms with Crippen molar-refractivity contribution in [3.8, 4) is 0 Å². The van der Waals surface area contributed by atoms with E-state index in [2.05, 4.69) is 24.3 Å². The van der Waals surface area contributed by atoms with E-state index in [1.807, 2.05) is 24.0 Å². The number of aromatic nitrogens is 2. The van der Waals surface area contributed by atoms with Crippen molar-refractivity contribution in [3.05, 3.63) is 12.3 Å². The highest BCUT2D eigenvalue weighted by atomic mass is 15.3. The molecule has 3 nitrogen and oxygen atoms in total. The summed E-state index contributed by atoms with van der Waals surface area (Å²) in [6.45, 7) is 4.73. The Morgan fingerprint density at radius 2 is 2.33 bits per heavy atom. The molecule has 84 valence electrons. The Morgan fingerprint density at radius 1 is 1.53 bits per heavy atom. The van der Waals surface area contributed by atoms with Crippen LogP contribution >= 0.6 is 0 Å². The van der Waals surface area contributed by atoms with Crippen molar-refractivity contribution >= 4 is 5.82 Å². The van der Waals surface area contributed by atoms with Gasteiger partial charge in [-0.3, -0.25) is 4.68 Å². The summed E-state index contributed by atoms with van der Waals surface area (Å²) in [6.07, 6.45) is 7.09. The fourth-order valence-electron chi connectivity index (χ4n) is 2.55. The van der Waals surface area contributed by atoms with Gasteiger partial charge in [0.05, 0.1) is 6.20 Å². The molecular formula is C12H21N3. The van der Waals surface area contributed by atoms with Crippen molar-refractivity contribution in [2.24, 2.45) is 12.5 Å². The zero-order valence-electron chi connectivity index (χ0n) is 9.95. The topological polar surface area (TPSA) is 29.9 Å². The third-order valence-corrected chi connectivity index (χ3v) is 3.38.